The molecule has 0 radical (unpaired) electrons. The maximum Gasteiger partial charge on any atom is 0.206 e. The van der Waals surface area contributed by atoms with Crippen molar-refractivity contribution in [1.29, 1.82) is 0 Å². The molecule has 2 aromatic rings. The fourth-order valence-electron chi connectivity index (χ4n) is 1.43. The van der Waals surface area contributed by atoms with E-state index in [1.165, 1.54) is 11.3 Å². The summed E-state index contributed by atoms with van der Waals surface area (Å²) in [5.74, 6) is 0. The van der Waals surface area contributed by atoms with E-state index in [1.807, 2.05) is 24.3 Å². The van der Waals surface area contributed by atoms with Crippen molar-refractivity contribution in [1.82, 2.24) is 10.2 Å². The average molecular weight is 300 g/mol. The van der Waals surface area contributed by atoms with Gasteiger partial charge in [-0.3, -0.25) is 0 Å². The van der Waals surface area contributed by atoms with E-state index in [1.54, 1.807) is 0 Å². The van der Waals surface area contributed by atoms with Crippen molar-refractivity contribution in [3.05, 3.63) is 29.3 Å². The molecule has 0 aliphatic heterocycles. The second-order valence-electron chi connectivity index (χ2n) is 3.65. The van der Waals surface area contributed by atoms with Crippen LogP contribution < -0.4 is 5.32 Å². The van der Waals surface area contributed by atoms with Crippen LogP contribution in [0.2, 0.25) is 5.02 Å². The third-order valence-corrected chi connectivity index (χ3v) is 3.53. The van der Waals surface area contributed by atoms with E-state index in [-0.39, 0.29) is 6.61 Å². The van der Waals surface area contributed by atoms with Crippen LogP contribution in [0.25, 0.3) is 10.6 Å². The van der Waals surface area contributed by atoms with E-state index in [0.717, 1.165) is 15.7 Å². The highest BCUT2D eigenvalue weighted by Gasteiger charge is 2.08. The molecule has 7 heteroatoms. The number of nitrogens with zero attached hydrogens (tertiary/aromatic N) is 2. The Hall–Kier alpha value is -1.21. The van der Waals surface area contributed by atoms with Crippen LogP contribution in [0.5, 0.6) is 0 Å². The smallest absolute Gasteiger partial charge is 0.206 e. The summed E-state index contributed by atoms with van der Waals surface area (Å²) in [5.41, 5.74) is 0.881. The van der Waals surface area contributed by atoms with Crippen molar-refractivity contribution in [2.24, 2.45) is 0 Å². The molecule has 0 atom stereocenters. The fraction of sp³-hybridized carbons (Fsp3) is 0.333. The molecular weight excluding hydrogens is 286 g/mol. The summed E-state index contributed by atoms with van der Waals surface area (Å²) in [5, 5.41) is 22.0. The van der Waals surface area contributed by atoms with Crippen LogP contribution in [0, 0.1) is 0 Å². The van der Waals surface area contributed by atoms with E-state index in [4.69, 9.17) is 21.4 Å². The normalized spacial score (nSPS) is 10.6. The number of benzene rings is 1. The van der Waals surface area contributed by atoms with Gasteiger partial charge in [-0.25, -0.2) is 0 Å². The number of hydrogen-bond donors (Lipinski definition) is 2. The van der Waals surface area contributed by atoms with Crippen LogP contribution in [-0.2, 0) is 4.74 Å². The molecule has 1 heterocycles. The van der Waals surface area contributed by atoms with Gasteiger partial charge in [-0.1, -0.05) is 41.1 Å². The Balaban J connectivity index is 1.91. The van der Waals surface area contributed by atoms with Gasteiger partial charge in [0.15, 0.2) is 5.01 Å². The van der Waals surface area contributed by atoms with Crippen LogP contribution in [0.3, 0.4) is 0 Å². The first-order chi connectivity index (χ1) is 9.31. The number of anilines is 1. The number of hydrogen-bond acceptors (Lipinski definition) is 6. The lowest BCUT2D eigenvalue weighted by molar-refractivity contribution is 0.0992. The first kappa shape index (κ1) is 14.2. The summed E-state index contributed by atoms with van der Waals surface area (Å²) >= 11 is 7.55. The molecule has 0 aliphatic rings. The molecule has 102 valence electrons. The van der Waals surface area contributed by atoms with Crippen LogP contribution in [0.4, 0.5) is 5.13 Å². The largest absolute Gasteiger partial charge is 0.394 e. The monoisotopic (exact) mass is 299 g/mol. The zero-order valence-corrected chi connectivity index (χ0v) is 11.7. The second-order valence-corrected chi connectivity index (χ2v) is 5.04. The molecule has 5 nitrogen and oxygen atoms in total. The van der Waals surface area contributed by atoms with Crippen molar-refractivity contribution < 1.29 is 9.84 Å². The fourth-order valence-corrected chi connectivity index (χ4v) is 2.52. The van der Waals surface area contributed by atoms with E-state index in [2.05, 4.69) is 15.5 Å². The lowest BCUT2D eigenvalue weighted by Gasteiger charge is -2.02. The van der Waals surface area contributed by atoms with Crippen molar-refractivity contribution in [3.63, 3.8) is 0 Å². The Morgan fingerprint density at radius 2 is 2.11 bits per heavy atom. The van der Waals surface area contributed by atoms with Gasteiger partial charge >= 0.3 is 0 Å². The maximum absolute atomic E-state index is 8.56. The average Bonchev–Trinajstić information content (AvgIpc) is 2.88. The van der Waals surface area contributed by atoms with Crippen molar-refractivity contribution in [2.75, 3.05) is 31.7 Å². The summed E-state index contributed by atoms with van der Waals surface area (Å²) in [6, 6.07) is 7.54. The van der Waals surface area contributed by atoms with Gasteiger partial charge in [0.2, 0.25) is 5.13 Å². The number of aromatic nitrogens is 2. The van der Waals surface area contributed by atoms with E-state index in [9.17, 15) is 0 Å². The number of aliphatic hydroxyl groups excluding tert-OH is 1. The minimum Gasteiger partial charge on any atom is -0.394 e. The Morgan fingerprint density at radius 3 is 2.89 bits per heavy atom. The summed E-state index contributed by atoms with van der Waals surface area (Å²) in [6.07, 6.45) is 0. The van der Waals surface area contributed by atoms with Crippen molar-refractivity contribution >= 4 is 28.1 Å². The third-order valence-electron chi connectivity index (χ3n) is 2.29. The Morgan fingerprint density at radius 1 is 1.26 bits per heavy atom. The van der Waals surface area contributed by atoms with Gasteiger partial charge < -0.3 is 15.2 Å². The van der Waals surface area contributed by atoms with Gasteiger partial charge in [0.25, 0.3) is 0 Å². The van der Waals surface area contributed by atoms with Gasteiger partial charge in [0, 0.05) is 12.1 Å². The predicted octanol–water partition coefficient (Wildman–Crippen LogP) is 2.28. The minimum atomic E-state index is 0.0372. The van der Waals surface area contributed by atoms with Crippen LogP contribution in [-0.4, -0.2) is 41.7 Å². The Bertz CT molecular complexity index is 521. The van der Waals surface area contributed by atoms with Crippen LogP contribution >= 0.6 is 22.9 Å². The lowest BCUT2D eigenvalue weighted by atomic mass is 10.2. The topological polar surface area (TPSA) is 67.3 Å². The highest BCUT2D eigenvalue weighted by molar-refractivity contribution is 7.18. The first-order valence-corrected chi connectivity index (χ1v) is 7.01. The highest BCUT2D eigenvalue weighted by atomic mass is 35.5. The number of rotatable bonds is 7. The molecule has 0 spiro atoms. The highest BCUT2D eigenvalue weighted by Crippen LogP contribution is 2.31. The number of aliphatic hydroxyl groups is 1. The number of nitrogens with one attached hydrogen (secondary N) is 1. The minimum absolute atomic E-state index is 0.0372. The molecule has 0 amide bonds. The number of halogens is 1. The third kappa shape index (κ3) is 4.14. The zero-order valence-electron chi connectivity index (χ0n) is 10.2. The van der Waals surface area contributed by atoms with Crippen LogP contribution in [0.15, 0.2) is 24.3 Å². The molecule has 2 rings (SSSR count). The molecule has 1 aromatic heterocycles. The molecule has 19 heavy (non-hydrogen) atoms. The summed E-state index contributed by atoms with van der Waals surface area (Å²) < 4.78 is 5.14. The molecule has 1 aromatic carbocycles. The molecule has 0 bridgehead atoms. The van der Waals surface area contributed by atoms with Crippen molar-refractivity contribution in [2.45, 2.75) is 0 Å². The molecule has 0 fully saturated rings. The Labute approximate surface area is 120 Å². The van der Waals surface area contributed by atoms with E-state index >= 15 is 0 Å². The molecule has 0 aliphatic carbocycles. The van der Waals surface area contributed by atoms with Crippen LogP contribution in [0.1, 0.15) is 0 Å². The SMILES string of the molecule is OCCOCCNc1nnc(-c2ccccc2Cl)s1. The van der Waals surface area contributed by atoms with Gasteiger partial charge in [-0.15, -0.1) is 10.2 Å². The van der Waals surface area contributed by atoms with Gasteiger partial charge in [0.1, 0.15) is 0 Å². The molecule has 2 N–H and O–H groups in total. The lowest BCUT2D eigenvalue weighted by Crippen LogP contribution is -2.11. The molecule has 0 unspecified atom stereocenters. The number of ether oxygens (including phenoxy) is 1. The summed E-state index contributed by atoms with van der Waals surface area (Å²) in [6.45, 7) is 1.52. The van der Waals surface area contributed by atoms with Gasteiger partial charge in [0.05, 0.1) is 24.8 Å². The zero-order chi connectivity index (χ0) is 13.5. The van der Waals surface area contributed by atoms with Gasteiger partial charge in [-0.2, -0.15) is 0 Å². The molecule has 0 saturated heterocycles. The van der Waals surface area contributed by atoms with E-state index in [0.29, 0.717) is 24.8 Å². The quantitative estimate of drug-likeness (QED) is 0.768. The summed E-state index contributed by atoms with van der Waals surface area (Å²) in [7, 11) is 0. The van der Waals surface area contributed by atoms with Gasteiger partial charge in [-0.05, 0) is 6.07 Å². The second kappa shape index (κ2) is 7.40. The first-order valence-electron chi connectivity index (χ1n) is 5.82. The predicted molar refractivity (Wildman–Crippen MR) is 76.7 cm³/mol. The summed E-state index contributed by atoms with van der Waals surface area (Å²) in [4.78, 5) is 0. The molecular formula is C12H14ClN3O2S. The standard InChI is InChI=1S/C12H14ClN3O2S/c13-10-4-2-1-3-9(10)11-15-16-12(19-11)14-5-7-18-8-6-17/h1-4,17H,5-8H2,(H,14,16). The van der Waals surface area contributed by atoms with Crippen molar-refractivity contribution in [3.8, 4) is 10.6 Å². The Kier molecular flexibility index (Phi) is 5.53. The maximum atomic E-state index is 8.56. The van der Waals surface area contributed by atoms with E-state index < -0.39 is 0 Å². The molecule has 0 saturated carbocycles.